The van der Waals surface area contributed by atoms with E-state index in [0.29, 0.717) is 134 Å². The van der Waals surface area contributed by atoms with Gasteiger partial charge in [0.05, 0.1) is 72.3 Å². The fourth-order valence-electron chi connectivity index (χ4n) is 8.13. The number of carbonyl (C=O) groups excluding carboxylic acids is 3. The number of nitrogens with one attached hydrogen (secondary N) is 5. The molecule has 6 aromatic carbocycles. The maximum Gasteiger partial charge on any atom is 0.257 e. The summed E-state index contributed by atoms with van der Waals surface area (Å²) in [5.74, 6) is 3.28. The molecule has 9 rings (SSSR count). The highest BCUT2D eigenvalue weighted by molar-refractivity contribution is 6.02. The Hall–Kier alpha value is -10.4. The lowest BCUT2D eigenvalue weighted by molar-refractivity contribution is -0.123. The molecule has 0 unspecified atom stereocenters. The lowest BCUT2D eigenvalue weighted by Gasteiger charge is -2.26. The monoisotopic (exact) mass is 1080 g/mol. The van der Waals surface area contributed by atoms with Gasteiger partial charge in [-0.05, 0) is 97.1 Å². The maximum atomic E-state index is 12.8. The number of fused-ring (bicyclic) bond motifs is 2. The van der Waals surface area contributed by atoms with Gasteiger partial charge in [-0.25, -0.2) is 0 Å². The second kappa shape index (κ2) is 27.1. The van der Waals surface area contributed by atoms with E-state index in [4.69, 9.17) is 38.9 Å². The predicted octanol–water partition coefficient (Wildman–Crippen LogP) is 8.79. The van der Waals surface area contributed by atoms with Crippen molar-refractivity contribution >= 4 is 73.7 Å². The van der Waals surface area contributed by atoms with Crippen molar-refractivity contribution < 1.29 is 47.5 Å². The van der Waals surface area contributed by atoms with Crippen LogP contribution >= 0.6 is 0 Å². The molecule has 3 heterocycles. The molecule has 1 fully saturated rings. The Morgan fingerprint density at radius 3 is 1.54 bits per heavy atom. The average Bonchev–Trinajstić information content (AvgIpc) is 3.57. The fourth-order valence-corrected chi connectivity index (χ4v) is 8.13. The van der Waals surface area contributed by atoms with Gasteiger partial charge in [-0.15, -0.1) is 0 Å². The van der Waals surface area contributed by atoms with E-state index in [0.717, 1.165) is 18.8 Å². The molecule has 0 atom stereocenters. The van der Waals surface area contributed by atoms with Crippen molar-refractivity contribution in [3.63, 3.8) is 0 Å². The number of aromatic nitrogens is 2. The topological polar surface area (TPSA) is 279 Å². The third-order valence-corrected chi connectivity index (χ3v) is 12.4. The van der Waals surface area contributed by atoms with E-state index in [-0.39, 0.29) is 30.9 Å². The summed E-state index contributed by atoms with van der Waals surface area (Å²) in [5, 5.41) is 35.4. The van der Waals surface area contributed by atoms with E-state index < -0.39 is 0 Å². The van der Waals surface area contributed by atoms with Gasteiger partial charge in [0.25, 0.3) is 11.8 Å². The van der Waals surface area contributed by atoms with Crippen LogP contribution in [-0.2, 0) is 19.1 Å². The van der Waals surface area contributed by atoms with Crippen LogP contribution in [0.1, 0.15) is 17.5 Å². The summed E-state index contributed by atoms with van der Waals surface area (Å²) in [6.45, 7) is 3.38. The molecule has 3 amide bonds. The Bertz CT molecular complexity index is 3580. The van der Waals surface area contributed by atoms with Crippen LogP contribution in [0.25, 0.3) is 21.8 Å². The Kier molecular flexibility index (Phi) is 18.9. The number of nitrogens with zero attached hydrogens (tertiary/aromatic N) is 5. The zero-order valence-corrected chi connectivity index (χ0v) is 44.3. The third-order valence-electron chi connectivity index (χ3n) is 12.4. The number of nitrogen functional groups attached to an aromatic ring is 1. The fraction of sp³-hybridized carbons (Fsp3) is 0.203. The highest BCUT2D eigenvalue weighted by Crippen LogP contribution is 2.39. The van der Waals surface area contributed by atoms with Crippen molar-refractivity contribution in [3.8, 4) is 58.1 Å². The van der Waals surface area contributed by atoms with Crippen LogP contribution in [0.15, 0.2) is 134 Å². The number of ether oxygens (including phenoxy) is 7. The van der Waals surface area contributed by atoms with Gasteiger partial charge >= 0.3 is 0 Å². The molecule has 0 bridgehead atoms. The van der Waals surface area contributed by atoms with Crippen molar-refractivity contribution in [1.29, 1.82) is 10.5 Å². The molecule has 1 aliphatic heterocycles. The number of rotatable bonds is 20. The van der Waals surface area contributed by atoms with Gasteiger partial charge in [0.2, 0.25) is 5.91 Å². The summed E-state index contributed by atoms with van der Waals surface area (Å²) in [5.41, 5.74) is 11.5. The SMILES string of the molecule is CNC(=O)COc1ccccc1Oc1ccc(Nc2c(C#N)cnc3cc(N)c(OC)cc23)cc1.CNC(=O)COc1ccccc1Oc1ccc(Nc2c(C#N)cnc3cc(NC(=O)CCN4CCOCC4)c(OC)cc23)cc1. The zero-order valence-electron chi connectivity index (χ0n) is 44.3. The molecule has 0 radical (unpaired) electrons. The van der Waals surface area contributed by atoms with Crippen LogP contribution in [0.2, 0.25) is 0 Å². The second-order valence-electron chi connectivity index (χ2n) is 17.6. The number of likely N-dealkylation sites (N-methyl/N-ethyl adjacent to an activating group) is 2. The number of pyridine rings is 2. The summed E-state index contributed by atoms with van der Waals surface area (Å²) in [7, 11) is 6.15. The molecule has 8 aromatic rings. The van der Waals surface area contributed by atoms with Gasteiger partial charge in [0.1, 0.15) is 35.1 Å². The molecule has 0 aliphatic carbocycles. The molecule has 7 N–H and O–H groups in total. The summed E-state index contributed by atoms with van der Waals surface area (Å²) in [4.78, 5) is 46.9. The first-order valence-electron chi connectivity index (χ1n) is 25.1. The number of nitrogens with two attached hydrogens (primary N) is 1. The number of para-hydroxylation sites is 4. The summed E-state index contributed by atoms with van der Waals surface area (Å²) in [6.07, 6.45) is 3.33. The lowest BCUT2D eigenvalue weighted by Crippen LogP contribution is -2.38. The van der Waals surface area contributed by atoms with Crippen LogP contribution < -0.4 is 60.7 Å². The number of methoxy groups -OCH3 is 2. The Balaban J connectivity index is 0.000000217. The lowest BCUT2D eigenvalue weighted by atomic mass is 10.1. The van der Waals surface area contributed by atoms with Gasteiger partial charge in [0.15, 0.2) is 36.2 Å². The minimum Gasteiger partial charge on any atom is -0.495 e. The van der Waals surface area contributed by atoms with E-state index in [1.165, 1.54) is 26.6 Å². The number of carbonyl (C=O) groups is 3. The van der Waals surface area contributed by atoms with E-state index in [1.807, 2.05) is 36.4 Å². The van der Waals surface area contributed by atoms with Crippen molar-refractivity contribution in [3.05, 3.63) is 145 Å². The van der Waals surface area contributed by atoms with E-state index in [1.54, 1.807) is 99.0 Å². The Morgan fingerprint density at radius 1 is 0.613 bits per heavy atom. The highest BCUT2D eigenvalue weighted by atomic mass is 16.5. The van der Waals surface area contributed by atoms with Crippen LogP contribution in [0.4, 0.5) is 34.1 Å². The normalized spacial score (nSPS) is 11.8. The molecule has 0 spiro atoms. The van der Waals surface area contributed by atoms with E-state index in [9.17, 15) is 24.9 Å². The number of nitriles is 2. The number of amides is 3. The standard InChI is InChI=1S/C33H34N6O6.C26H23N5O4/c1-35-32(41)21-44-28-5-3-4-6-29(28)45-24-9-7-23(8-10-24)37-33-22(19-34)20-36-26-18-27(30(42-2)17-25(26)33)38-31(40)11-12-39-13-15-43-16-14-39;1-29-25(32)15-34-22-5-3-4-6-23(22)35-18-9-7-17(8-10-18)31-26-16(13-27)14-30-21-12-20(28)24(33-2)11-19(21)26/h3-10,17-18,20H,11-16,21H2,1-2H3,(H,35,41)(H,36,37)(H,38,40);3-12,14H,15,28H2,1-2H3,(H,29,32)(H,30,31). The largest absolute Gasteiger partial charge is 0.495 e. The van der Waals surface area contributed by atoms with Gasteiger partial charge < -0.3 is 65.5 Å². The van der Waals surface area contributed by atoms with Gasteiger partial charge in [-0.3, -0.25) is 29.3 Å². The predicted molar refractivity (Wildman–Crippen MR) is 303 cm³/mol. The Labute approximate surface area is 461 Å². The molecule has 0 saturated carbocycles. The smallest absolute Gasteiger partial charge is 0.257 e. The van der Waals surface area contributed by atoms with E-state index in [2.05, 4.69) is 53.6 Å². The molecular formula is C59H57N11O10. The highest BCUT2D eigenvalue weighted by Gasteiger charge is 2.19. The number of anilines is 6. The molecule has 1 aliphatic rings. The minimum absolute atomic E-state index is 0.114. The molecule has 21 heteroatoms. The zero-order chi connectivity index (χ0) is 56.4. The summed E-state index contributed by atoms with van der Waals surface area (Å²) >= 11 is 0. The first-order valence-corrected chi connectivity index (χ1v) is 25.1. The van der Waals surface area contributed by atoms with Crippen molar-refractivity contribution in [2.24, 2.45) is 0 Å². The Morgan fingerprint density at radius 2 is 1.07 bits per heavy atom. The van der Waals surface area contributed by atoms with Crippen LogP contribution in [0.3, 0.4) is 0 Å². The van der Waals surface area contributed by atoms with Crippen LogP contribution in [0, 0.1) is 22.7 Å². The van der Waals surface area contributed by atoms with Gasteiger partial charge in [0, 0.05) is 74.7 Å². The number of benzene rings is 6. The van der Waals surface area contributed by atoms with E-state index >= 15 is 0 Å². The first kappa shape index (κ1) is 55.9. The first-order chi connectivity index (χ1) is 39.0. The van der Waals surface area contributed by atoms with Gasteiger partial charge in [-0.1, -0.05) is 24.3 Å². The molecular weight excluding hydrogens is 1020 g/mol. The molecule has 80 heavy (non-hydrogen) atoms. The van der Waals surface area contributed by atoms with Gasteiger partial charge in [-0.2, -0.15) is 10.5 Å². The molecule has 21 nitrogen and oxygen atoms in total. The number of morpholine rings is 1. The second-order valence-corrected chi connectivity index (χ2v) is 17.6. The summed E-state index contributed by atoms with van der Waals surface area (Å²) < 4.78 is 39.5. The molecule has 1 saturated heterocycles. The third kappa shape index (κ3) is 14.4. The van der Waals surface area contributed by atoms with Crippen molar-refractivity contribution in [2.75, 3.05) is 96.1 Å². The van der Waals surface area contributed by atoms with Crippen LogP contribution in [0.5, 0.6) is 46.0 Å². The number of hydrogen-bond donors (Lipinski definition) is 6. The maximum absolute atomic E-state index is 12.8. The average molecular weight is 1080 g/mol. The number of hydrogen-bond acceptors (Lipinski definition) is 18. The molecule has 2 aromatic heterocycles. The van der Waals surface area contributed by atoms with Crippen molar-refractivity contribution in [2.45, 2.75) is 6.42 Å². The quantitative estimate of drug-likeness (QED) is 0.0389. The molecule has 408 valence electrons. The minimum atomic E-state index is -0.251. The van der Waals surface area contributed by atoms with Crippen LogP contribution in [-0.4, -0.2) is 107 Å². The summed E-state index contributed by atoms with van der Waals surface area (Å²) in [6, 6.07) is 39.9. The van der Waals surface area contributed by atoms with Crippen molar-refractivity contribution in [1.82, 2.24) is 25.5 Å².